The SMILES string of the molecule is N=C(Br)c1cccc(O)c1N. The predicted octanol–water partition coefficient (Wildman–Crippen LogP) is 1.69. The number of anilines is 1. The topological polar surface area (TPSA) is 70.1 Å². The largest absolute Gasteiger partial charge is 0.506 e. The molecule has 0 unspecified atom stereocenters. The maximum Gasteiger partial charge on any atom is 0.139 e. The van der Waals surface area contributed by atoms with Crippen LogP contribution >= 0.6 is 15.9 Å². The summed E-state index contributed by atoms with van der Waals surface area (Å²) in [5.41, 5.74) is 6.20. The number of aromatic hydroxyl groups is 1. The highest BCUT2D eigenvalue weighted by molar-refractivity contribution is 9.18. The first-order valence-electron chi connectivity index (χ1n) is 2.95. The number of nitrogens with two attached hydrogens (primary N) is 1. The van der Waals surface area contributed by atoms with Gasteiger partial charge in [0, 0.05) is 5.56 Å². The second kappa shape index (κ2) is 2.92. The number of nitrogens with one attached hydrogen (secondary N) is 1. The third-order valence-electron chi connectivity index (χ3n) is 1.32. The van der Waals surface area contributed by atoms with Crippen molar-refractivity contribution in [2.75, 3.05) is 5.73 Å². The fourth-order valence-corrected chi connectivity index (χ4v) is 1.09. The second-order valence-electron chi connectivity index (χ2n) is 2.05. The van der Waals surface area contributed by atoms with Crippen LogP contribution in [0.15, 0.2) is 18.2 Å². The molecule has 1 aromatic rings. The third-order valence-corrected chi connectivity index (χ3v) is 1.75. The summed E-state index contributed by atoms with van der Waals surface area (Å²) in [7, 11) is 0. The van der Waals surface area contributed by atoms with Crippen LogP contribution in [0.2, 0.25) is 0 Å². The van der Waals surface area contributed by atoms with Gasteiger partial charge in [0.2, 0.25) is 0 Å². The van der Waals surface area contributed by atoms with E-state index in [2.05, 4.69) is 15.9 Å². The van der Waals surface area contributed by atoms with Crippen LogP contribution in [-0.4, -0.2) is 9.73 Å². The second-order valence-corrected chi connectivity index (χ2v) is 2.85. The van der Waals surface area contributed by atoms with Crippen molar-refractivity contribution >= 4 is 26.2 Å². The van der Waals surface area contributed by atoms with Crippen LogP contribution in [0.25, 0.3) is 0 Å². The molecule has 11 heavy (non-hydrogen) atoms. The fraction of sp³-hybridized carbons (Fsp3) is 0. The standard InChI is InChI=1S/C7H7BrN2O/c8-7(10)4-2-1-3-5(11)6(4)9/h1-3,10-11H,9H2. The van der Waals surface area contributed by atoms with Crippen LogP contribution in [-0.2, 0) is 0 Å². The molecule has 0 amide bonds. The molecule has 0 bridgehead atoms. The van der Waals surface area contributed by atoms with E-state index in [-0.39, 0.29) is 16.1 Å². The van der Waals surface area contributed by atoms with Gasteiger partial charge in [0.1, 0.15) is 10.4 Å². The number of nitrogen functional groups attached to an aromatic ring is 1. The molecule has 4 N–H and O–H groups in total. The smallest absolute Gasteiger partial charge is 0.139 e. The fourth-order valence-electron chi connectivity index (χ4n) is 0.744. The zero-order valence-corrected chi connectivity index (χ0v) is 7.22. The molecule has 3 nitrogen and oxygen atoms in total. The van der Waals surface area contributed by atoms with Crippen molar-refractivity contribution in [2.24, 2.45) is 0 Å². The van der Waals surface area contributed by atoms with Crippen LogP contribution in [0.1, 0.15) is 5.56 Å². The van der Waals surface area contributed by atoms with Gasteiger partial charge in [0.25, 0.3) is 0 Å². The van der Waals surface area contributed by atoms with E-state index in [0.717, 1.165) is 0 Å². The van der Waals surface area contributed by atoms with Gasteiger partial charge in [-0.1, -0.05) is 6.07 Å². The van der Waals surface area contributed by atoms with Crippen LogP contribution in [0, 0.1) is 5.41 Å². The summed E-state index contributed by atoms with van der Waals surface area (Å²) in [5, 5.41) is 16.3. The van der Waals surface area contributed by atoms with Crippen molar-refractivity contribution < 1.29 is 5.11 Å². The van der Waals surface area contributed by atoms with Crippen LogP contribution < -0.4 is 5.73 Å². The van der Waals surface area contributed by atoms with E-state index in [1.807, 2.05) is 0 Å². The van der Waals surface area contributed by atoms with Crippen LogP contribution in [0.5, 0.6) is 5.75 Å². The molecule has 0 fully saturated rings. The van der Waals surface area contributed by atoms with Gasteiger partial charge in [-0.15, -0.1) is 0 Å². The first-order chi connectivity index (χ1) is 5.13. The Labute approximate surface area is 72.5 Å². The molecule has 0 saturated heterocycles. The third kappa shape index (κ3) is 1.51. The normalized spacial score (nSPS) is 9.55. The Morgan fingerprint density at radius 2 is 2.18 bits per heavy atom. The molecule has 0 atom stereocenters. The van der Waals surface area contributed by atoms with Gasteiger partial charge >= 0.3 is 0 Å². The number of para-hydroxylation sites is 1. The molecular weight excluding hydrogens is 208 g/mol. The van der Waals surface area contributed by atoms with E-state index in [0.29, 0.717) is 5.56 Å². The summed E-state index contributed by atoms with van der Waals surface area (Å²) in [5.74, 6) is 0.00620. The molecule has 4 heteroatoms. The van der Waals surface area contributed by atoms with Crippen molar-refractivity contribution in [1.82, 2.24) is 0 Å². The Morgan fingerprint density at radius 3 is 2.64 bits per heavy atom. The Bertz CT molecular complexity index is 298. The average Bonchev–Trinajstić information content (AvgIpc) is 1.94. The summed E-state index contributed by atoms with van der Waals surface area (Å²) in [6.07, 6.45) is 0. The lowest BCUT2D eigenvalue weighted by Gasteiger charge is -2.02. The molecule has 0 aliphatic rings. The molecule has 0 radical (unpaired) electrons. The lowest BCUT2D eigenvalue weighted by atomic mass is 10.2. The Kier molecular flexibility index (Phi) is 2.14. The molecule has 1 aromatic carbocycles. The zero-order valence-electron chi connectivity index (χ0n) is 5.63. The quantitative estimate of drug-likeness (QED) is 0.379. The predicted molar refractivity (Wildman–Crippen MR) is 48.3 cm³/mol. The van der Waals surface area contributed by atoms with E-state index in [9.17, 15) is 0 Å². The minimum absolute atomic E-state index is 0.00620. The number of hydrogen-bond donors (Lipinski definition) is 3. The Balaban J connectivity index is 3.27. The van der Waals surface area contributed by atoms with Crippen molar-refractivity contribution in [3.63, 3.8) is 0 Å². The number of phenols is 1. The lowest BCUT2D eigenvalue weighted by molar-refractivity contribution is 0.478. The number of phenolic OH excluding ortho intramolecular Hbond substituents is 1. The van der Waals surface area contributed by atoms with Crippen molar-refractivity contribution in [3.05, 3.63) is 23.8 Å². The molecule has 0 aliphatic carbocycles. The molecule has 0 aromatic heterocycles. The highest BCUT2D eigenvalue weighted by Crippen LogP contribution is 2.24. The monoisotopic (exact) mass is 214 g/mol. The van der Waals surface area contributed by atoms with Gasteiger partial charge in [0.05, 0.1) is 5.69 Å². The molecule has 0 aliphatic heterocycles. The maximum absolute atomic E-state index is 9.11. The van der Waals surface area contributed by atoms with Gasteiger partial charge in [0.15, 0.2) is 0 Å². The number of benzene rings is 1. The first kappa shape index (κ1) is 8.07. The summed E-state index contributed by atoms with van der Waals surface area (Å²) in [4.78, 5) is 0. The van der Waals surface area contributed by atoms with Crippen LogP contribution in [0.3, 0.4) is 0 Å². The number of halogens is 1. The summed E-state index contributed by atoms with van der Waals surface area (Å²) in [6, 6.07) is 4.78. The minimum atomic E-state index is 0.00620. The lowest BCUT2D eigenvalue weighted by Crippen LogP contribution is -1.96. The van der Waals surface area contributed by atoms with E-state index in [1.165, 1.54) is 6.07 Å². The summed E-state index contributed by atoms with van der Waals surface area (Å²) >= 11 is 2.96. The number of hydrogen-bond acceptors (Lipinski definition) is 3. The van der Waals surface area contributed by atoms with E-state index < -0.39 is 0 Å². The molecule has 0 saturated carbocycles. The number of rotatable bonds is 1. The van der Waals surface area contributed by atoms with Gasteiger partial charge in [-0.3, -0.25) is 5.41 Å². The molecule has 0 heterocycles. The van der Waals surface area contributed by atoms with Crippen LogP contribution in [0.4, 0.5) is 5.69 Å². The summed E-state index contributed by atoms with van der Waals surface area (Å²) < 4.78 is 0.172. The first-order valence-corrected chi connectivity index (χ1v) is 3.74. The molecule has 0 spiro atoms. The van der Waals surface area contributed by atoms with Crippen molar-refractivity contribution in [1.29, 1.82) is 5.41 Å². The van der Waals surface area contributed by atoms with E-state index in [4.69, 9.17) is 16.2 Å². The molecule has 58 valence electrons. The van der Waals surface area contributed by atoms with E-state index in [1.54, 1.807) is 12.1 Å². The van der Waals surface area contributed by atoms with Crippen molar-refractivity contribution in [2.45, 2.75) is 0 Å². The highest BCUT2D eigenvalue weighted by atomic mass is 79.9. The maximum atomic E-state index is 9.11. The van der Waals surface area contributed by atoms with Crippen molar-refractivity contribution in [3.8, 4) is 5.75 Å². The Hall–Kier alpha value is -1.03. The summed E-state index contributed by atoms with van der Waals surface area (Å²) in [6.45, 7) is 0. The highest BCUT2D eigenvalue weighted by Gasteiger charge is 2.04. The van der Waals surface area contributed by atoms with Gasteiger partial charge in [-0.25, -0.2) is 0 Å². The van der Waals surface area contributed by atoms with Gasteiger partial charge in [-0.2, -0.15) is 0 Å². The average molecular weight is 215 g/mol. The molecule has 1 rings (SSSR count). The van der Waals surface area contributed by atoms with Gasteiger partial charge in [-0.05, 0) is 28.1 Å². The molecular formula is C7H7BrN2O. The Morgan fingerprint density at radius 1 is 1.55 bits per heavy atom. The minimum Gasteiger partial charge on any atom is -0.506 e. The zero-order chi connectivity index (χ0) is 8.43. The van der Waals surface area contributed by atoms with Gasteiger partial charge < -0.3 is 10.8 Å². The van der Waals surface area contributed by atoms with E-state index >= 15 is 0 Å².